The van der Waals surface area contributed by atoms with Crippen molar-refractivity contribution in [2.75, 3.05) is 14.2 Å². The van der Waals surface area contributed by atoms with Gasteiger partial charge in [0.2, 0.25) is 11.7 Å². The van der Waals surface area contributed by atoms with Crippen LogP contribution in [-0.2, 0) is 6.42 Å². The lowest BCUT2D eigenvalue weighted by Gasteiger charge is -2.08. The van der Waals surface area contributed by atoms with Gasteiger partial charge in [-0.1, -0.05) is 27.2 Å². The number of halogens is 1. The Bertz CT molecular complexity index is 800. The molecule has 23 heavy (non-hydrogen) atoms. The summed E-state index contributed by atoms with van der Waals surface area (Å²) in [5.41, 5.74) is 1.92. The standard InChI is InChI=1S/C17H15BrN2O3/c1-21-14-8-3-11(9-15(14)22-2)10-16-19-17(20-23-16)12-4-6-13(18)7-5-12/h3-9H,10H2,1-2H3. The van der Waals surface area contributed by atoms with Crippen molar-refractivity contribution in [3.8, 4) is 22.9 Å². The van der Waals surface area contributed by atoms with E-state index in [1.807, 2.05) is 42.5 Å². The Kier molecular flexibility index (Phi) is 4.62. The van der Waals surface area contributed by atoms with Gasteiger partial charge in [0.25, 0.3) is 0 Å². The predicted molar refractivity (Wildman–Crippen MR) is 89.8 cm³/mol. The summed E-state index contributed by atoms with van der Waals surface area (Å²) >= 11 is 3.41. The van der Waals surface area contributed by atoms with Gasteiger partial charge in [0, 0.05) is 10.0 Å². The third-order valence-corrected chi connectivity index (χ3v) is 3.90. The summed E-state index contributed by atoms with van der Waals surface area (Å²) in [6, 6.07) is 13.5. The number of nitrogens with zero attached hydrogens (tertiary/aromatic N) is 2. The molecule has 0 bridgehead atoms. The molecule has 118 valence electrons. The number of aromatic nitrogens is 2. The first-order valence-corrected chi connectivity index (χ1v) is 7.78. The van der Waals surface area contributed by atoms with Gasteiger partial charge < -0.3 is 14.0 Å². The van der Waals surface area contributed by atoms with Crippen molar-refractivity contribution in [3.63, 3.8) is 0 Å². The van der Waals surface area contributed by atoms with Crippen LogP contribution < -0.4 is 9.47 Å². The summed E-state index contributed by atoms with van der Waals surface area (Å²) in [5.74, 6) is 2.50. The lowest BCUT2D eigenvalue weighted by atomic mass is 10.1. The van der Waals surface area contributed by atoms with Crippen LogP contribution in [0.5, 0.6) is 11.5 Å². The highest BCUT2D eigenvalue weighted by atomic mass is 79.9. The number of methoxy groups -OCH3 is 2. The highest BCUT2D eigenvalue weighted by Crippen LogP contribution is 2.28. The summed E-state index contributed by atoms with van der Waals surface area (Å²) in [7, 11) is 3.22. The van der Waals surface area contributed by atoms with Crippen LogP contribution in [0, 0.1) is 0 Å². The van der Waals surface area contributed by atoms with Crippen molar-refractivity contribution < 1.29 is 14.0 Å². The molecule has 0 radical (unpaired) electrons. The minimum Gasteiger partial charge on any atom is -0.493 e. The molecular weight excluding hydrogens is 360 g/mol. The molecule has 0 spiro atoms. The van der Waals surface area contributed by atoms with E-state index in [-0.39, 0.29) is 0 Å². The van der Waals surface area contributed by atoms with Crippen LogP contribution in [0.15, 0.2) is 51.5 Å². The van der Waals surface area contributed by atoms with Crippen LogP contribution >= 0.6 is 15.9 Å². The van der Waals surface area contributed by atoms with E-state index in [9.17, 15) is 0 Å². The van der Waals surface area contributed by atoms with E-state index in [0.29, 0.717) is 29.6 Å². The SMILES string of the molecule is COc1ccc(Cc2nc(-c3ccc(Br)cc3)no2)cc1OC. The second-order valence-corrected chi connectivity index (χ2v) is 5.80. The third-order valence-electron chi connectivity index (χ3n) is 3.37. The van der Waals surface area contributed by atoms with Crippen molar-refractivity contribution in [3.05, 3.63) is 58.4 Å². The normalized spacial score (nSPS) is 10.6. The van der Waals surface area contributed by atoms with E-state index < -0.39 is 0 Å². The third kappa shape index (κ3) is 3.53. The van der Waals surface area contributed by atoms with Gasteiger partial charge in [-0.05, 0) is 42.0 Å². The maximum Gasteiger partial charge on any atom is 0.231 e. The molecule has 0 atom stereocenters. The predicted octanol–water partition coefficient (Wildman–Crippen LogP) is 4.11. The van der Waals surface area contributed by atoms with Gasteiger partial charge in [-0.25, -0.2) is 0 Å². The van der Waals surface area contributed by atoms with E-state index >= 15 is 0 Å². The molecule has 0 saturated heterocycles. The quantitative estimate of drug-likeness (QED) is 0.672. The fourth-order valence-corrected chi connectivity index (χ4v) is 2.47. The van der Waals surface area contributed by atoms with E-state index in [0.717, 1.165) is 15.6 Å². The van der Waals surface area contributed by atoms with E-state index in [2.05, 4.69) is 26.1 Å². The molecule has 3 rings (SSSR count). The summed E-state index contributed by atoms with van der Waals surface area (Å²) < 4.78 is 16.9. The Morgan fingerprint density at radius 3 is 2.43 bits per heavy atom. The highest BCUT2D eigenvalue weighted by Gasteiger charge is 2.11. The minimum atomic E-state index is 0.532. The van der Waals surface area contributed by atoms with Crippen molar-refractivity contribution in [2.24, 2.45) is 0 Å². The Balaban J connectivity index is 1.80. The molecule has 5 nitrogen and oxygen atoms in total. The van der Waals surface area contributed by atoms with E-state index in [4.69, 9.17) is 14.0 Å². The number of ether oxygens (including phenoxy) is 2. The molecule has 0 N–H and O–H groups in total. The van der Waals surface area contributed by atoms with Gasteiger partial charge >= 0.3 is 0 Å². The Morgan fingerprint density at radius 2 is 1.74 bits per heavy atom. The largest absolute Gasteiger partial charge is 0.493 e. The Labute approximate surface area is 142 Å². The van der Waals surface area contributed by atoms with Crippen molar-refractivity contribution in [1.82, 2.24) is 10.1 Å². The minimum absolute atomic E-state index is 0.532. The fraction of sp³-hybridized carbons (Fsp3) is 0.176. The molecule has 0 saturated carbocycles. The van der Waals surface area contributed by atoms with Crippen LogP contribution in [0.3, 0.4) is 0 Å². The molecule has 0 aliphatic heterocycles. The Hall–Kier alpha value is -2.34. The molecule has 0 amide bonds. The van der Waals surface area contributed by atoms with Gasteiger partial charge in [-0.2, -0.15) is 4.98 Å². The second kappa shape index (κ2) is 6.83. The lowest BCUT2D eigenvalue weighted by Crippen LogP contribution is -1.94. The first-order chi connectivity index (χ1) is 11.2. The summed E-state index contributed by atoms with van der Waals surface area (Å²) in [6.45, 7) is 0. The van der Waals surface area contributed by atoms with Crippen molar-refractivity contribution >= 4 is 15.9 Å². The van der Waals surface area contributed by atoms with E-state index in [1.165, 1.54) is 0 Å². The molecule has 0 fully saturated rings. The number of hydrogen-bond acceptors (Lipinski definition) is 5. The van der Waals surface area contributed by atoms with E-state index in [1.54, 1.807) is 14.2 Å². The maximum absolute atomic E-state index is 5.34. The molecule has 0 aliphatic carbocycles. The van der Waals surface area contributed by atoms with Crippen molar-refractivity contribution in [2.45, 2.75) is 6.42 Å². The van der Waals surface area contributed by atoms with Gasteiger partial charge in [-0.15, -0.1) is 0 Å². The van der Waals surface area contributed by atoms with Gasteiger partial charge in [0.15, 0.2) is 11.5 Å². The number of hydrogen-bond donors (Lipinski definition) is 0. The summed E-state index contributed by atoms with van der Waals surface area (Å²) in [4.78, 5) is 4.44. The molecular formula is C17H15BrN2O3. The van der Waals surface area contributed by atoms with Gasteiger partial charge in [0.1, 0.15) is 0 Å². The lowest BCUT2D eigenvalue weighted by molar-refractivity contribution is 0.354. The van der Waals surface area contributed by atoms with Crippen LogP contribution in [0.2, 0.25) is 0 Å². The average molecular weight is 375 g/mol. The smallest absolute Gasteiger partial charge is 0.231 e. The van der Waals surface area contributed by atoms with Gasteiger partial charge in [-0.3, -0.25) is 0 Å². The monoisotopic (exact) mass is 374 g/mol. The number of rotatable bonds is 5. The maximum atomic E-state index is 5.34. The average Bonchev–Trinajstić information content (AvgIpc) is 3.04. The fourth-order valence-electron chi connectivity index (χ4n) is 2.21. The van der Waals surface area contributed by atoms with Crippen LogP contribution in [-0.4, -0.2) is 24.4 Å². The molecule has 0 unspecified atom stereocenters. The van der Waals surface area contributed by atoms with Crippen LogP contribution in [0.4, 0.5) is 0 Å². The zero-order valence-electron chi connectivity index (χ0n) is 12.7. The molecule has 3 aromatic rings. The molecule has 0 aliphatic rings. The summed E-state index contributed by atoms with van der Waals surface area (Å²) in [5, 5.41) is 4.03. The zero-order valence-corrected chi connectivity index (χ0v) is 14.3. The highest BCUT2D eigenvalue weighted by molar-refractivity contribution is 9.10. The van der Waals surface area contributed by atoms with Gasteiger partial charge in [0.05, 0.1) is 20.6 Å². The molecule has 1 heterocycles. The second-order valence-electron chi connectivity index (χ2n) is 4.88. The topological polar surface area (TPSA) is 57.4 Å². The first-order valence-electron chi connectivity index (χ1n) is 6.99. The molecule has 2 aromatic carbocycles. The number of benzene rings is 2. The first kappa shape index (κ1) is 15.6. The van der Waals surface area contributed by atoms with Crippen molar-refractivity contribution in [1.29, 1.82) is 0 Å². The summed E-state index contributed by atoms with van der Waals surface area (Å²) in [6.07, 6.45) is 0.532. The Morgan fingerprint density at radius 1 is 1.00 bits per heavy atom. The van der Waals surface area contributed by atoms with Crippen LogP contribution in [0.25, 0.3) is 11.4 Å². The zero-order chi connectivity index (χ0) is 16.2. The van der Waals surface area contributed by atoms with Crippen LogP contribution in [0.1, 0.15) is 11.5 Å². The molecule has 6 heteroatoms. The molecule has 1 aromatic heterocycles.